The minimum Gasteiger partial charge on any atom is -0.416 e. The van der Waals surface area contributed by atoms with E-state index in [2.05, 4.69) is 26.1 Å². The fourth-order valence-corrected chi connectivity index (χ4v) is 2.70. The fraction of sp³-hybridized carbons (Fsp3) is 0.333. The number of H-pyrrole nitrogens is 1. The molecule has 0 bridgehead atoms. The lowest BCUT2D eigenvalue weighted by molar-refractivity contribution is 0.412. The summed E-state index contributed by atoms with van der Waals surface area (Å²) in [4.78, 5) is 17.9. The van der Waals surface area contributed by atoms with Crippen LogP contribution < -0.4 is 11.3 Å². The Morgan fingerprint density at radius 3 is 3.05 bits per heavy atom. The van der Waals surface area contributed by atoms with Crippen molar-refractivity contribution in [2.45, 2.75) is 23.2 Å². The summed E-state index contributed by atoms with van der Waals surface area (Å²) >= 11 is 2.76. The van der Waals surface area contributed by atoms with Gasteiger partial charge >= 0.3 is 0 Å². The monoisotopic (exact) mass is 323 g/mol. The van der Waals surface area contributed by atoms with Crippen LogP contribution in [0.1, 0.15) is 12.3 Å². The number of thioether (sulfide) groups is 2. The molecule has 3 N–H and O–H groups in total. The normalized spacial score (nSPS) is 10.4. The van der Waals surface area contributed by atoms with Crippen LogP contribution in [0, 0.1) is 12.3 Å². The highest BCUT2D eigenvalue weighted by atomic mass is 32.2. The van der Waals surface area contributed by atoms with E-state index in [1.54, 1.807) is 0 Å². The summed E-state index contributed by atoms with van der Waals surface area (Å²) < 4.78 is 5.42. The zero-order valence-electron chi connectivity index (χ0n) is 11.0. The summed E-state index contributed by atoms with van der Waals surface area (Å²) in [5, 5.41) is 8.81. The predicted octanol–water partition coefficient (Wildman–Crippen LogP) is 1.19. The van der Waals surface area contributed by atoms with Crippen LogP contribution in [0.25, 0.3) is 0 Å². The number of hydrogen-bond donors (Lipinski definition) is 2. The largest absolute Gasteiger partial charge is 0.416 e. The maximum atomic E-state index is 11.2. The van der Waals surface area contributed by atoms with E-state index in [9.17, 15) is 4.79 Å². The van der Waals surface area contributed by atoms with Gasteiger partial charge in [0.25, 0.3) is 10.8 Å². The van der Waals surface area contributed by atoms with E-state index in [-0.39, 0.29) is 11.4 Å². The summed E-state index contributed by atoms with van der Waals surface area (Å²) in [5.74, 6) is 4.54. The number of nitrogen functional groups attached to an aromatic ring is 1. The Kier molecular flexibility index (Phi) is 5.71. The highest BCUT2D eigenvalue weighted by Gasteiger charge is 2.06. The van der Waals surface area contributed by atoms with Gasteiger partial charge in [-0.1, -0.05) is 29.4 Å². The van der Waals surface area contributed by atoms with Gasteiger partial charge in [0.15, 0.2) is 5.16 Å². The molecule has 0 radical (unpaired) electrons. The molecule has 0 atom stereocenters. The number of terminal acetylenes is 1. The molecule has 0 saturated carbocycles. The summed E-state index contributed by atoms with van der Waals surface area (Å²) in [7, 11) is 0. The van der Waals surface area contributed by atoms with E-state index in [1.165, 1.54) is 29.6 Å². The highest BCUT2D eigenvalue weighted by Crippen LogP contribution is 2.17. The number of hydrogen-bond acceptors (Lipinski definition) is 8. The summed E-state index contributed by atoms with van der Waals surface area (Å²) in [5.41, 5.74) is 5.25. The Hall–Kier alpha value is -1.92. The van der Waals surface area contributed by atoms with Crippen LogP contribution in [0.4, 0.5) is 5.82 Å². The third-order valence-corrected chi connectivity index (χ3v) is 3.92. The van der Waals surface area contributed by atoms with Crippen LogP contribution >= 0.6 is 23.5 Å². The van der Waals surface area contributed by atoms with Gasteiger partial charge in [-0.05, 0) is 6.42 Å². The summed E-state index contributed by atoms with van der Waals surface area (Å²) in [6.07, 6.45) is 6.62. The van der Waals surface area contributed by atoms with Crippen molar-refractivity contribution >= 4 is 29.3 Å². The van der Waals surface area contributed by atoms with Gasteiger partial charge in [-0.15, -0.1) is 16.6 Å². The first-order chi connectivity index (χ1) is 10.2. The van der Waals surface area contributed by atoms with E-state index in [0.717, 1.165) is 12.2 Å². The van der Waals surface area contributed by atoms with Gasteiger partial charge < -0.3 is 15.1 Å². The number of anilines is 1. The Morgan fingerprint density at radius 2 is 2.29 bits per heavy atom. The molecule has 0 spiro atoms. The van der Waals surface area contributed by atoms with Crippen molar-refractivity contribution in [1.82, 2.24) is 20.2 Å². The van der Waals surface area contributed by atoms with Gasteiger partial charge in [0.1, 0.15) is 5.82 Å². The number of aromatic amines is 1. The molecule has 0 saturated heterocycles. The van der Waals surface area contributed by atoms with Crippen molar-refractivity contribution in [2.75, 3.05) is 17.2 Å². The lowest BCUT2D eigenvalue weighted by Crippen LogP contribution is -2.09. The molecule has 2 heterocycles. The maximum absolute atomic E-state index is 11.2. The van der Waals surface area contributed by atoms with E-state index in [4.69, 9.17) is 16.6 Å². The van der Waals surface area contributed by atoms with Gasteiger partial charge in [0.05, 0.1) is 5.75 Å². The standard InChI is InChI=1S/C12H13N5O2S2/c1-2-5-21-12-17-16-10(19-12)4-3-6-20-11-14-8(13)7-9(18)15-11/h1,7H,3-6H2,(H3,13,14,15,18). The smallest absolute Gasteiger partial charge is 0.277 e. The van der Waals surface area contributed by atoms with Crippen LogP contribution in [-0.2, 0) is 6.42 Å². The molecule has 2 rings (SSSR count). The Labute approximate surface area is 129 Å². The molecule has 0 amide bonds. The minimum absolute atomic E-state index is 0.216. The molecule has 9 heteroatoms. The Morgan fingerprint density at radius 1 is 1.43 bits per heavy atom. The number of aromatic nitrogens is 4. The lowest BCUT2D eigenvalue weighted by Gasteiger charge is -2.00. The zero-order chi connectivity index (χ0) is 15.1. The summed E-state index contributed by atoms with van der Waals surface area (Å²) in [6, 6.07) is 1.25. The first kappa shape index (κ1) is 15.5. The van der Waals surface area contributed by atoms with Crippen LogP contribution in [-0.4, -0.2) is 31.7 Å². The van der Waals surface area contributed by atoms with Crippen molar-refractivity contribution in [1.29, 1.82) is 0 Å². The number of nitrogens with zero attached hydrogens (tertiary/aromatic N) is 3. The Bertz CT molecular complexity index is 691. The second kappa shape index (κ2) is 7.75. The molecular formula is C12H13N5O2S2. The van der Waals surface area contributed by atoms with Crippen LogP contribution in [0.3, 0.4) is 0 Å². The van der Waals surface area contributed by atoms with Crippen molar-refractivity contribution in [2.24, 2.45) is 0 Å². The number of rotatable bonds is 7. The van der Waals surface area contributed by atoms with Crippen molar-refractivity contribution < 1.29 is 4.42 Å². The minimum atomic E-state index is -0.253. The molecule has 21 heavy (non-hydrogen) atoms. The second-order valence-corrected chi connectivity index (χ2v) is 5.89. The van der Waals surface area contributed by atoms with E-state index in [1.807, 2.05) is 0 Å². The topological polar surface area (TPSA) is 111 Å². The maximum Gasteiger partial charge on any atom is 0.277 e. The van der Waals surface area contributed by atoms with Crippen molar-refractivity contribution in [3.05, 3.63) is 22.3 Å². The Balaban J connectivity index is 1.75. The first-order valence-electron chi connectivity index (χ1n) is 6.05. The average molecular weight is 323 g/mol. The van der Waals surface area contributed by atoms with E-state index >= 15 is 0 Å². The molecule has 0 unspecified atom stereocenters. The first-order valence-corrected chi connectivity index (χ1v) is 8.03. The molecule has 2 aromatic rings. The summed E-state index contributed by atoms with van der Waals surface area (Å²) in [6.45, 7) is 0. The van der Waals surface area contributed by atoms with Gasteiger partial charge in [-0.3, -0.25) is 4.79 Å². The van der Waals surface area contributed by atoms with Gasteiger partial charge in [0.2, 0.25) is 5.89 Å². The second-order valence-electron chi connectivity index (χ2n) is 3.88. The quantitative estimate of drug-likeness (QED) is 0.338. The third-order valence-electron chi connectivity index (χ3n) is 2.24. The molecule has 7 nitrogen and oxygen atoms in total. The lowest BCUT2D eigenvalue weighted by atomic mass is 10.3. The highest BCUT2D eigenvalue weighted by molar-refractivity contribution is 7.99. The van der Waals surface area contributed by atoms with E-state index < -0.39 is 0 Å². The molecule has 0 aliphatic heterocycles. The zero-order valence-corrected chi connectivity index (χ0v) is 12.7. The number of nitrogens with two attached hydrogens (primary N) is 1. The molecular weight excluding hydrogens is 310 g/mol. The molecule has 0 aliphatic carbocycles. The van der Waals surface area contributed by atoms with Crippen molar-refractivity contribution in [3.63, 3.8) is 0 Å². The molecule has 110 valence electrons. The number of aryl methyl sites for hydroxylation is 1. The molecule has 0 aromatic carbocycles. The van der Waals surface area contributed by atoms with E-state index in [0.29, 0.717) is 28.4 Å². The molecule has 0 aliphatic rings. The number of nitrogens with one attached hydrogen (secondary N) is 1. The SMILES string of the molecule is C#CCSc1nnc(CCCSc2nc(N)cc(=O)[nH]2)o1. The van der Waals surface area contributed by atoms with Crippen LogP contribution in [0.5, 0.6) is 0 Å². The van der Waals surface area contributed by atoms with Gasteiger partial charge in [-0.2, -0.15) is 0 Å². The molecule has 0 fully saturated rings. The average Bonchev–Trinajstić information content (AvgIpc) is 2.88. The third kappa shape index (κ3) is 5.17. The predicted molar refractivity (Wildman–Crippen MR) is 82.2 cm³/mol. The van der Waals surface area contributed by atoms with Gasteiger partial charge in [0, 0.05) is 18.2 Å². The van der Waals surface area contributed by atoms with Crippen LogP contribution in [0.15, 0.2) is 25.7 Å². The van der Waals surface area contributed by atoms with Gasteiger partial charge in [-0.25, -0.2) is 4.98 Å². The fourth-order valence-electron chi connectivity index (χ4n) is 1.41. The molecule has 2 aromatic heterocycles. The van der Waals surface area contributed by atoms with Crippen LogP contribution in [0.2, 0.25) is 0 Å². The van der Waals surface area contributed by atoms with Crippen molar-refractivity contribution in [3.8, 4) is 12.3 Å².